The Morgan fingerprint density at radius 3 is 2.45 bits per heavy atom. The van der Waals surface area contributed by atoms with Crippen molar-refractivity contribution in [1.82, 2.24) is 14.5 Å². The monoisotopic (exact) mass is 343 g/mol. The van der Waals surface area contributed by atoms with Gasteiger partial charge in [-0.05, 0) is 17.7 Å². The van der Waals surface area contributed by atoms with Crippen molar-refractivity contribution in [3.05, 3.63) is 41.1 Å². The molecule has 0 saturated carbocycles. The highest BCUT2D eigenvalue weighted by Gasteiger charge is 2.25. The molecule has 120 valence electrons. The molecule has 1 aromatic rings. The lowest BCUT2D eigenvalue weighted by Crippen LogP contribution is -2.52. The van der Waals surface area contributed by atoms with Crippen LogP contribution < -0.4 is 5.32 Å². The smallest absolute Gasteiger partial charge is 0.321 e. The number of hydrogen-bond donors (Lipinski definition) is 1. The summed E-state index contributed by atoms with van der Waals surface area (Å²) in [5.41, 5.74) is 0.811. The van der Waals surface area contributed by atoms with Crippen LogP contribution in [0.1, 0.15) is 5.56 Å². The number of nitrogens with zero attached hydrogens (tertiary/aromatic N) is 2. The van der Waals surface area contributed by atoms with E-state index >= 15 is 0 Å². The third-order valence-electron chi connectivity index (χ3n) is 3.37. The van der Waals surface area contributed by atoms with Crippen molar-refractivity contribution in [2.75, 3.05) is 32.4 Å². The Morgan fingerprint density at radius 2 is 1.86 bits per heavy atom. The van der Waals surface area contributed by atoms with Crippen molar-refractivity contribution in [2.45, 2.75) is 0 Å². The van der Waals surface area contributed by atoms with Gasteiger partial charge in [0.15, 0.2) is 0 Å². The lowest BCUT2D eigenvalue weighted by atomic mass is 10.2. The van der Waals surface area contributed by atoms with Crippen LogP contribution in [0.5, 0.6) is 0 Å². The molecule has 1 heterocycles. The maximum absolute atomic E-state index is 12.0. The van der Waals surface area contributed by atoms with E-state index in [1.807, 2.05) is 18.2 Å². The van der Waals surface area contributed by atoms with Crippen molar-refractivity contribution >= 4 is 33.7 Å². The van der Waals surface area contributed by atoms with Crippen molar-refractivity contribution < 1.29 is 13.2 Å². The van der Waals surface area contributed by atoms with Crippen LogP contribution in [-0.4, -0.2) is 56.1 Å². The lowest BCUT2D eigenvalue weighted by molar-refractivity contribution is 0.176. The minimum absolute atomic E-state index is 0.253. The first kappa shape index (κ1) is 16.8. The number of rotatable bonds is 3. The minimum Gasteiger partial charge on any atom is -0.322 e. The Bertz CT molecular complexity index is 668. The van der Waals surface area contributed by atoms with Gasteiger partial charge in [0.05, 0.1) is 6.26 Å². The number of sulfonamides is 1. The molecule has 0 radical (unpaired) electrons. The molecule has 1 fully saturated rings. The van der Waals surface area contributed by atoms with Crippen LogP contribution in [0.25, 0.3) is 6.08 Å². The summed E-state index contributed by atoms with van der Waals surface area (Å²) in [6.07, 6.45) is 4.43. The predicted octanol–water partition coefficient (Wildman–Crippen LogP) is 1.60. The van der Waals surface area contributed by atoms with Crippen LogP contribution in [-0.2, 0) is 10.0 Å². The average Bonchev–Trinajstić information content (AvgIpc) is 2.48. The third-order valence-corrected chi connectivity index (χ3v) is 5.02. The largest absolute Gasteiger partial charge is 0.322 e. The standard InChI is InChI=1S/C14H18ClN3O3S/c1-22(20,21)18-10-8-17(9-11-18)14(19)16-7-6-12-4-2-3-5-13(12)15/h2-7H,8-11H2,1H3,(H,16,19)/b7-6+. The van der Waals surface area contributed by atoms with Gasteiger partial charge >= 0.3 is 6.03 Å². The highest BCUT2D eigenvalue weighted by atomic mass is 35.5. The molecule has 1 aromatic carbocycles. The number of piperazine rings is 1. The van der Waals surface area contributed by atoms with Gasteiger partial charge in [-0.2, -0.15) is 4.31 Å². The lowest BCUT2D eigenvalue weighted by Gasteiger charge is -2.32. The molecular formula is C14H18ClN3O3S. The predicted molar refractivity (Wildman–Crippen MR) is 87.0 cm³/mol. The van der Waals surface area contributed by atoms with Crippen LogP contribution >= 0.6 is 11.6 Å². The second-order valence-corrected chi connectivity index (χ2v) is 7.34. The second kappa shape index (κ2) is 7.13. The SMILES string of the molecule is CS(=O)(=O)N1CCN(C(=O)N/C=C/c2ccccc2Cl)CC1. The number of halogens is 1. The first-order valence-corrected chi connectivity index (χ1v) is 9.02. The first-order chi connectivity index (χ1) is 10.4. The van der Waals surface area contributed by atoms with Crippen LogP contribution in [0.15, 0.2) is 30.5 Å². The summed E-state index contributed by atoms with van der Waals surface area (Å²) in [5, 5.41) is 3.27. The molecule has 2 rings (SSSR count). The maximum atomic E-state index is 12.0. The van der Waals surface area contributed by atoms with Crippen molar-refractivity contribution in [3.63, 3.8) is 0 Å². The van der Waals surface area contributed by atoms with Crippen molar-refractivity contribution in [3.8, 4) is 0 Å². The zero-order valence-corrected chi connectivity index (χ0v) is 13.8. The van der Waals surface area contributed by atoms with E-state index in [0.29, 0.717) is 31.2 Å². The van der Waals surface area contributed by atoms with Gasteiger partial charge in [-0.15, -0.1) is 0 Å². The summed E-state index contributed by atoms with van der Waals surface area (Å²) in [4.78, 5) is 13.6. The van der Waals surface area contributed by atoms with Crippen LogP contribution in [0.2, 0.25) is 5.02 Å². The number of nitrogens with one attached hydrogen (secondary N) is 1. The van der Waals surface area contributed by atoms with Gasteiger partial charge in [0, 0.05) is 37.4 Å². The molecular weight excluding hydrogens is 326 g/mol. The number of urea groups is 1. The molecule has 2 amide bonds. The Balaban J connectivity index is 1.85. The summed E-state index contributed by atoms with van der Waals surface area (Å²) < 4.78 is 24.2. The van der Waals surface area contributed by atoms with Gasteiger partial charge in [-0.25, -0.2) is 13.2 Å². The maximum Gasteiger partial charge on any atom is 0.321 e. The van der Waals surface area contributed by atoms with E-state index in [9.17, 15) is 13.2 Å². The second-order valence-electron chi connectivity index (χ2n) is 4.95. The van der Waals surface area contributed by atoms with E-state index in [-0.39, 0.29) is 6.03 Å². The van der Waals surface area contributed by atoms with Crippen LogP contribution in [0, 0.1) is 0 Å². The topological polar surface area (TPSA) is 69.7 Å². The van der Waals surface area contributed by atoms with Gasteiger partial charge < -0.3 is 10.2 Å². The molecule has 0 aromatic heterocycles. The Labute approximate surface area is 135 Å². The fourth-order valence-corrected chi connectivity index (χ4v) is 3.15. The quantitative estimate of drug-likeness (QED) is 0.906. The fraction of sp³-hybridized carbons (Fsp3) is 0.357. The average molecular weight is 344 g/mol. The Morgan fingerprint density at radius 1 is 1.23 bits per heavy atom. The van der Waals surface area contributed by atoms with Crippen LogP contribution in [0.3, 0.4) is 0 Å². The number of amides is 2. The normalized spacial score (nSPS) is 16.9. The Kier molecular flexibility index (Phi) is 5.44. The molecule has 22 heavy (non-hydrogen) atoms. The van der Waals surface area contributed by atoms with Gasteiger partial charge in [-0.1, -0.05) is 29.8 Å². The molecule has 8 heteroatoms. The fourth-order valence-electron chi connectivity index (χ4n) is 2.13. The summed E-state index contributed by atoms with van der Waals surface area (Å²) in [5.74, 6) is 0. The number of hydrogen-bond acceptors (Lipinski definition) is 3. The van der Waals surface area contributed by atoms with E-state index in [1.165, 1.54) is 16.8 Å². The van der Waals surface area contributed by atoms with Crippen molar-refractivity contribution in [1.29, 1.82) is 0 Å². The summed E-state index contributed by atoms with van der Waals surface area (Å²) in [6.45, 7) is 1.39. The third kappa shape index (κ3) is 4.46. The minimum atomic E-state index is -3.19. The molecule has 1 aliphatic heterocycles. The number of carbonyl (C=O) groups excluding carboxylic acids is 1. The van der Waals surface area contributed by atoms with E-state index in [0.717, 1.165) is 5.56 Å². The molecule has 0 aliphatic carbocycles. The zero-order chi connectivity index (χ0) is 16.2. The number of carbonyl (C=O) groups is 1. The van der Waals surface area contributed by atoms with E-state index < -0.39 is 10.0 Å². The molecule has 1 aliphatic rings. The molecule has 0 unspecified atom stereocenters. The molecule has 0 bridgehead atoms. The summed E-state index contributed by atoms with van der Waals surface area (Å²) in [7, 11) is -3.19. The molecule has 0 atom stereocenters. The highest BCUT2D eigenvalue weighted by Crippen LogP contribution is 2.15. The zero-order valence-electron chi connectivity index (χ0n) is 12.2. The molecule has 1 N–H and O–H groups in total. The molecule has 0 spiro atoms. The van der Waals surface area contributed by atoms with Gasteiger partial charge in [0.2, 0.25) is 10.0 Å². The molecule has 1 saturated heterocycles. The van der Waals surface area contributed by atoms with Gasteiger partial charge in [-0.3, -0.25) is 0 Å². The summed E-state index contributed by atoms with van der Waals surface area (Å²) in [6, 6.07) is 7.05. The van der Waals surface area contributed by atoms with Crippen LogP contribution in [0.4, 0.5) is 4.79 Å². The Hall–Kier alpha value is -1.57. The summed E-state index contributed by atoms with van der Waals surface area (Å²) >= 11 is 6.01. The highest BCUT2D eigenvalue weighted by molar-refractivity contribution is 7.88. The number of benzene rings is 1. The van der Waals surface area contributed by atoms with E-state index in [2.05, 4.69) is 5.32 Å². The van der Waals surface area contributed by atoms with Gasteiger partial charge in [0.25, 0.3) is 0 Å². The van der Waals surface area contributed by atoms with Crippen molar-refractivity contribution in [2.24, 2.45) is 0 Å². The first-order valence-electron chi connectivity index (χ1n) is 6.79. The van der Waals surface area contributed by atoms with E-state index in [4.69, 9.17) is 11.6 Å². The van der Waals surface area contributed by atoms with Gasteiger partial charge in [0.1, 0.15) is 0 Å². The molecule has 6 nitrogen and oxygen atoms in total. The van der Waals surface area contributed by atoms with E-state index in [1.54, 1.807) is 17.0 Å².